The molecule has 0 atom stereocenters. The molecule has 2 aromatic heterocycles. The minimum absolute atomic E-state index is 0.572. The summed E-state index contributed by atoms with van der Waals surface area (Å²) in [5, 5.41) is 10.4. The standard InChI is InChI=1S/C21H22N2O3/c1-21(2,20(24)25)26-15-6-7-17-16(13-15)19(14-8-10-22-11-9-14)18-5-3-4-12-23(17)18/h6-11,13H,3-5,12H2,1-2H3,(H,24,25). The summed E-state index contributed by atoms with van der Waals surface area (Å²) in [6.07, 6.45) is 7.02. The number of nitrogens with zero attached hydrogens (tertiary/aromatic N) is 2. The van der Waals surface area contributed by atoms with Crippen LogP contribution < -0.4 is 4.74 Å². The second-order valence-electron chi connectivity index (χ2n) is 7.26. The minimum atomic E-state index is -1.27. The molecule has 0 saturated heterocycles. The molecular formula is C21H22N2O3. The van der Waals surface area contributed by atoms with E-state index in [4.69, 9.17) is 4.74 Å². The number of pyridine rings is 1. The van der Waals surface area contributed by atoms with E-state index in [9.17, 15) is 9.90 Å². The quantitative estimate of drug-likeness (QED) is 0.763. The molecule has 0 aliphatic carbocycles. The number of ether oxygens (including phenoxy) is 1. The summed E-state index contributed by atoms with van der Waals surface area (Å²) in [6, 6.07) is 9.94. The summed E-state index contributed by atoms with van der Waals surface area (Å²) in [6.45, 7) is 4.14. The van der Waals surface area contributed by atoms with Crippen LogP contribution in [0.4, 0.5) is 0 Å². The molecule has 4 rings (SSSR count). The summed E-state index contributed by atoms with van der Waals surface area (Å²) >= 11 is 0. The second kappa shape index (κ2) is 6.16. The zero-order valence-corrected chi connectivity index (χ0v) is 15.0. The molecule has 0 saturated carbocycles. The van der Waals surface area contributed by atoms with E-state index in [1.54, 1.807) is 13.8 Å². The zero-order chi connectivity index (χ0) is 18.3. The maximum Gasteiger partial charge on any atom is 0.347 e. The van der Waals surface area contributed by atoms with Crippen molar-refractivity contribution < 1.29 is 14.6 Å². The number of carboxylic acid groups (broad SMARTS) is 1. The highest BCUT2D eigenvalue weighted by Gasteiger charge is 2.30. The molecule has 3 heterocycles. The summed E-state index contributed by atoms with van der Waals surface area (Å²) in [5.41, 5.74) is 3.58. The Hall–Kier alpha value is -2.82. The van der Waals surface area contributed by atoms with Crippen molar-refractivity contribution >= 4 is 16.9 Å². The third-order valence-electron chi connectivity index (χ3n) is 5.04. The predicted octanol–water partition coefficient (Wildman–Crippen LogP) is 4.28. The molecule has 5 nitrogen and oxygen atoms in total. The SMILES string of the molecule is CC(C)(Oc1ccc2c(c1)c(-c1ccncc1)c1n2CCCC1)C(=O)O. The minimum Gasteiger partial charge on any atom is -0.478 e. The highest BCUT2D eigenvalue weighted by Crippen LogP contribution is 2.39. The number of aryl methyl sites for hydroxylation is 1. The van der Waals surface area contributed by atoms with Gasteiger partial charge in [0.15, 0.2) is 5.60 Å². The smallest absolute Gasteiger partial charge is 0.347 e. The van der Waals surface area contributed by atoms with Crippen LogP contribution in [0.15, 0.2) is 42.7 Å². The Morgan fingerprint density at radius 1 is 1.19 bits per heavy atom. The number of rotatable bonds is 4. The van der Waals surface area contributed by atoms with Crippen LogP contribution in [0.5, 0.6) is 5.75 Å². The maximum atomic E-state index is 11.4. The molecule has 1 N–H and O–H groups in total. The van der Waals surface area contributed by atoms with Crippen LogP contribution in [0, 0.1) is 0 Å². The van der Waals surface area contributed by atoms with Crippen molar-refractivity contribution in [1.82, 2.24) is 9.55 Å². The van der Waals surface area contributed by atoms with E-state index in [1.165, 1.54) is 29.6 Å². The Morgan fingerprint density at radius 2 is 1.96 bits per heavy atom. The average Bonchev–Trinajstić information content (AvgIpc) is 2.95. The molecule has 26 heavy (non-hydrogen) atoms. The Balaban J connectivity index is 1.90. The molecular weight excluding hydrogens is 328 g/mol. The van der Waals surface area contributed by atoms with E-state index in [1.807, 2.05) is 42.7 Å². The van der Waals surface area contributed by atoms with Gasteiger partial charge in [-0.15, -0.1) is 0 Å². The Labute approximate surface area is 152 Å². The van der Waals surface area contributed by atoms with Gasteiger partial charge in [0, 0.05) is 41.1 Å². The molecule has 0 bridgehead atoms. The molecule has 3 aromatic rings. The van der Waals surface area contributed by atoms with Crippen LogP contribution >= 0.6 is 0 Å². The summed E-state index contributed by atoms with van der Waals surface area (Å²) < 4.78 is 8.16. The van der Waals surface area contributed by atoms with Gasteiger partial charge in [-0.2, -0.15) is 0 Å². The fourth-order valence-electron chi connectivity index (χ4n) is 3.71. The average molecular weight is 350 g/mol. The van der Waals surface area contributed by atoms with Crippen molar-refractivity contribution in [3.05, 3.63) is 48.4 Å². The van der Waals surface area contributed by atoms with E-state index in [0.29, 0.717) is 5.75 Å². The fraction of sp³-hybridized carbons (Fsp3) is 0.333. The van der Waals surface area contributed by atoms with Crippen molar-refractivity contribution in [2.45, 2.75) is 45.3 Å². The van der Waals surface area contributed by atoms with E-state index in [-0.39, 0.29) is 0 Å². The van der Waals surface area contributed by atoms with Gasteiger partial charge in [-0.1, -0.05) is 0 Å². The topological polar surface area (TPSA) is 64.4 Å². The van der Waals surface area contributed by atoms with Crippen LogP contribution in [-0.2, 0) is 17.8 Å². The molecule has 0 spiro atoms. The summed E-state index contributed by atoms with van der Waals surface area (Å²) in [7, 11) is 0. The van der Waals surface area contributed by atoms with E-state index in [2.05, 4.69) is 9.55 Å². The lowest BCUT2D eigenvalue weighted by molar-refractivity contribution is -0.152. The Morgan fingerprint density at radius 3 is 2.69 bits per heavy atom. The zero-order valence-electron chi connectivity index (χ0n) is 15.0. The lowest BCUT2D eigenvalue weighted by Gasteiger charge is -2.21. The number of carboxylic acids is 1. The molecule has 5 heteroatoms. The van der Waals surface area contributed by atoms with Crippen molar-refractivity contribution in [1.29, 1.82) is 0 Å². The molecule has 1 aromatic carbocycles. The summed E-state index contributed by atoms with van der Waals surface area (Å²) in [5.74, 6) is -0.411. The van der Waals surface area contributed by atoms with Gasteiger partial charge in [0.25, 0.3) is 0 Å². The number of carbonyl (C=O) groups is 1. The largest absolute Gasteiger partial charge is 0.478 e. The van der Waals surface area contributed by atoms with Gasteiger partial charge in [0.05, 0.1) is 0 Å². The number of aromatic nitrogens is 2. The molecule has 0 radical (unpaired) electrons. The Kier molecular flexibility index (Phi) is 3.94. The normalized spacial score (nSPS) is 14.2. The molecule has 1 aliphatic heterocycles. The van der Waals surface area contributed by atoms with E-state index >= 15 is 0 Å². The number of aliphatic carboxylic acids is 1. The number of hydrogen-bond donors (Lipinski definition) is 1. The first-order chi connectivity index (χ1) is 12.5. The molecule has 1 aliphatic rings. The number of benzene rings is 1. The van der Waals surface area contributed by atoms with Gasteiger partial charge in [0.1, 0.15) is 5.75 Å². The lowest BCUT2D eigenvalue weighted by atomic mass is 9.99. The van der Waals surface area contributed by atoms with Crippen LogP contribution in [0.1, 0.15) is 32.4 Å². The van der Waals surface area contributed by atoms with Gasteiger partial charge in [-0.05, 0) is 69.0 Å². The van der Waals surface area contributed by atoms with Crippen LogP contribution in [-0.4, -0.2) is 26.2 Å². The van der Waals surface area contributed by atoms with Gasteiger partial charge in [-0.3, -0.25) is 4.98 Å². The second-order valence-corrected chi connectivity index (χ2v) is 7.26. The fourth-order valence-corrected chi connectivity index (χ4v) is 3.71. The molecule has 0 amide bonds. The lowest BCUT2D eigenvalue weighted by Crippen LogP contribution is -2.37. The molecule has 134 valence electrons. The molecule has 0 fully saturated rings. The van der Waals surface area contributed by atoms with Crippen LogP contribution in [0.25, 0.3) is 22.0 Å². The van der Waals surface area contributed by atoms with E-state index < -0.39 is 11.6 Å². The Bertz CT molecular complexity index is 974. The highest BCUT2D eigenvalue weighted by molar-refractivity contribution is 5.99. The van der Waals surface area contributed by atoms with Crippen molar-refractivity contribution in [2.24, 2.45) is 0 Å². The van der Waals surface area contributed by atoms with Crippen molar-refractivity contribution in [3.63, 3.8) is 0 Å². The van der Waals surface area contributed by atoms with Crippen LogP contribution in [0.2, 0.25) is 0 Å². The third-order valence-corrected chi connectivity index (χ3v) is 5.04. The monoisotopic (exact) mass is 350 g/mol. The predicted molar refractivity (Wildman–Crippen MR) is 100 cm³/mol. The van der Waals surface area contributed by atoms with Crippen molar-refractivity contribution in [3.8, 4) is 16.9 Å². The highest BCUT2D eigenvalue weighted by atomic mass is 16.5. The molecule has 0 unspecified atom stereocenters. The van der Waals surface area contributed by atoms with Crippen molar-refractivity contribution in [2.75, 3.05) is 0 Å². The van der Waals surface area contributed by atoms with Gasteiger partial charge < -0.3 is 14.4 Å². The first kappa shape index (κ1) is 16.6. The maximum absolute atomic E-state index is 11.4. The summed E-state index contributed by atoms with van der Waals surface area (Å²) in [4.78, 5) is 15.5. The van der Waals surface area contributed by atoms with Crippen LogP contribution in [0.3, 0.4) is 0 Å². The van der Waals surface area contributed by atoms with Gasteiger partial charge in [-0.25, -0.2) is 4.79 Å². The van der Waals surface area contributed by atoms with Gasteiger partial charge in [0.2, 0.25) is 0 Å². The first-order valence-electron chi connectivity index (χ1n) is 8.95. The first-order valence-corrected chi connectivity index (χ1v) is 8.95. The van der Waals surface area contributed by atoms with Gasteiger partial charge >= 0.3 is 5.97 Å². The number of fused-ring (bicyclic) bond motifs is 3. The number of hydrogen-bond acceptors (Lipinski definition) is 3. The van der Waals surface area contributed by atoms with E-state index in [0.717, 1.165) is 23.9 Å². The third kappa shape index (κ3) is 2.73.